The van der Waals surface area contributed by atoms with Gasteiger partial charge in [0.1, 0.15) is 5.78 Å². The van der Waals surface area contributed by atoms with Crippen LogP contribution in [-0.4, -0.2) is 21.4 Å². The molecule has 0 spiro atoms. The molecule has 1 fully saturated rings. The molecule has 1 aromatic heterocycles. The number of hydrogen-bond donors (Lipinski definition) is 0. The number of benzene rings is 1. The predicted octanol–water partition coefficient (Wildman–Crippen LogP) is 4.56. The van der Waals surface area contributed by atoms with Gasteiger partial charge in [0.05, 0.1) is 23.0 Å². The molecule has 5 heteroatoms. The molecule has 0 radical (unpaired) electrons. The molecular weight excluding hydrogens is 346 g/mol. The van der Waals surface area contributed by atoms with Crippen molar-refractivity contribution in [1.82, 2.24) is 10.2 Å². The lowest BCUT2D eigenvalue weighted by atomic mass is 9.78. The number of alkyl halides is 1. The summed E-state index contributed by atoms with van der Waals surface area (Å²) in [4.78, 5) is 11.5. The van der Waals surface area contributed by atoms with Gasteiger partial charge < -0.3 is 0 Å². The minimum atomic E-state index is 0.0259. The van der Waals surface area contributed by atoms with Gasteiger partial charge in [-0.15, -0.1) is 11.6 Å². The summed E-state index contributed by atoms with van der Waals surface area (Å²) in [6.45, 7) is 1.69. The number of aromatic nitrogens is 2. The topological polar surface area (TPSA) is 66.6 Å². The highest BCUT2D eigenvalue weighted by Crippen LogP contribution is 2.34. The molecule has 1 heterocycles. The van der Waals surface area contributed by atoms with Crippen LogP contribution in [0.4, 0.5) is 0 Å². The van der Waals surface area contributed by atoms with Crippen LogP contribution in [0.2, 0.25) is 0 Å². The first kappa shape index (κ1) is 18.5. The zero-order valence-corrected chi connectivity index (χ0v) is 15.6. The molecule has 3 rings (SSSR count). The number of Topliss-reactive ketones (excluding diaryl/α,β-unsaturated/α-hetero) is 1. The van der Waals surface area contributed by atoms with E-state index in [1.807, 2.05) is 24.3 Å². The summed E-state index contributed by atoms with van der Waals surface area (Å²) in [6, 6.07) is 13.3. The van der Waals surface area contributed by atoms with Crippen LogP contribution in [0.5, 0.6) is 0 Å². The minimum absolute atomic E-state index is 0.0259. The molecule has 26 heavy (non-hydrogen) atoms. The SMILES string of the molecule is CC(=O)C1CCC(C(Cl)Cc2ccc(-c3ccc(C#N)cc3)nn2)CC1. The molecule has 0 aliphatic heterocycles. The lowest BCUT2D eigenvalue weighted by molar-refractivity contribution is -0.121. The fourth-order valence-electron chi connectivity index (χ4n) is 3.59. The average molecular weight is 368 g/mol. The van der Waals surface area contributed by atoms with Crippen molar-refractivity contribution in [3.63, 3.8) is 0 Å². The van der Waals surface area contributed by atoms with Crippen molar-refractivity contribution in [1.29, 1.82) is 5.26 Å². The largest absolute Gasteiger partial charge is 0.300 e. The Morgan fingerprint density at radius 2 is 1.85 bits per heavy atom. The van der Waals surface area contributed by atoms with Crippen LogP contribution in [0.1, 0.15) is 43.9 Å². The number of nitriles is 1. The first-order valence-electron chi connectivity index (χ1n) is 9.04. The number of carbonyl (C=O) groups excluding carboxylic acids is 1. The van der Waals surface area contributed by atoms with Gasteiger partial charge in [-0.2, -0.15) is 15.5 Å². The Hall–Kier alpha value is -2.25. The summed E-state index contributed by atoms with van der Waals surface area (Å²) >= 11 is 6.63. The highest BCUT2D eigenvalue weighted by Gasteiger charge is 2.28. The molecule has 0 bridgehead atoms. The minimum Gasteiger partial charge on any atom is -0.300 e. The van der Waals surface area contributed by atoms with E-state index in [2.05, 4.69) is 16.3 Å². The van der Waals surface area contributed by atoms with E-state index >= 15 is 0 Å². The third-order valence-corrected chi connectivity index (χ3v) is 5.80. The van der Waals surface area contributed by atoms with Crippen molar-refractivity contribution in [2.75, 3.05) is 0 Å². The van der Waals surface area contributed by atoms with Gasteiger partial charge in [0.2, 0.25) is 0 Å². The van der Waals surface area contributed by atoms with E-state index < -0.39 is 0 Å². The quantitative estimate of drug-likeness (QED) is 0.726. The first-order chi connectivity index (χ1) is 12.6. The summed E-state index contributed by atoms with van der Waals surface area (Å²) < 4.78 is 0. The fraction of sp³-hybridized carbons (Fsp3) is 0.429. The van der Waals surface area contributed by atoms with Crippen LogP contribution in [0, 0.1) is 23.2 Å². The second-order valence-electron chi connectivity index (χ2n) is 7.04. The second kappa shape index (κ2) is 8.42. The Balaban J connectivity index is 1.58. The average Bonchev–Trinajstić information content (AvgIpc) is 2.68. The zero-order chi connectivity index (χ0) is 18.5. The molecule has 0 amide bonds. The third-order valence-electron chi connectivity index (χ3n) is 5.29. The van der Waals surface area contributed by atoms with Gasteiger partial charge in [-0.1, -0.05) is 12.1 Å². The summed E-state index contributed by atoms with van der Waals surface area (Å²) in [5, 5.41) is 17.5. The first-order valence-corrected chi connectivity index (χ1v) is 9.48. The van der Waals surface area contributed by atoms with E-state index in [4.69, 9.17) is 16.9 Å². The normalized spacial score (nSPS) is 21.0. The Kier molecular flexibility index (Phi) is 6.00. The van der Waals surface area contributed by atoms with Crippen LogP contribution in [0.25, 0.3) is 11.3 Å². The number of ketones is 1. The molecule has 4 nitrogen and oxygen atoms in total. The molecule has 0 saturated heterocycles. The Morgan fingerprint density at radius 1 is 1.15 bits per heavy atom. The molecule has 1 aromatic carbocycles. The molecule has 0 N–H and O–H groups in total. The smallest absolute Gasteiger partial charge is 0.132 e. The highest BCUT2D eigenvalue weighted by molar-refractivity contribution is 6.20. The van der Waals surface area contributed by atoms with Gasteiger partial charge in [0.25, 0.3) is 0 Å². The molecule has 1 unspecified atom stereocenters. The molecule has 1 saturated carbocycles. The van der Waals surface area contributed by atoms with Gasteiger partial charge in [-0.3, -0.25) is 4.79 Å². The van der Waals surface area contributed by atoms with Gasteiger partial charge in [0.15, 0.2) is 0 Å². The number of nitrogens with zero attached hydrogens (tertiary/aromatic N) is 3. The van der Waals surface area contributed by atoms with E-state index in [1.165, 1.54) is 0 Å². The van der Waals surface area contributed by atoms with E-state index in [0.717, 1.165) is 42.6 Å². The molecule has 1 aliphatic rings. The lowest BCUT2D eigenvalue weighted by Gasteiger charge is -2.29. The van der Waals surface area contributed by atoms with Crippen LogP contribution < -0.4 is 0 Å². The van der Waals surface area contributed by atoms with Crippen molar-refractivity contribution in [3.05, 3.63) is 47.7 Å². The van der Waals surface area contributed by atoms with E-state index in [0.29, 0.717) is 23.7 Å². The van der Waals surface area contributed by atoms with Crippen LogP contribution >= 0.6 is 11.6 Å². The Morgan fingerprint density at radius 3 is 2.38 bits per heavy atom. The monoisotopic (exact) mass is 367 g/mol. The highest BCUT2D eigenvalue weighted by atomic mass is 35.5. The number of carbonyl (C=O) groups is 1. The Labute approximate surface area is 159 Å². The van der Waals surface area contributed by atoms with Gasteiger partial charge in [-0.05, 0) is 62.8 Å². The molecule has 1 aliphatic carbocycles. The van der Waals surface area contributed by atoms with E-state index in [-0.39, 0.29) is 11.3 Å². The maximum Gasteiger partial charge on any atom is 0.132 e. The number of hydrogen-bond acceptors (Lipinski definition) is 4. The van der Waals surface area contributed by atoms with Gasteiger partial charge in [0, 0.05) is 23.3 Å². The molecule has 2 aromatic rings. The van der Waals surface area contributed by atoms with Crippen molar-refractivity contribution in [3.8, 4) is 17.3 Å². The molecule has 134 valence electrons. The molecule has 1 atom stereocenters. The number of rotatable bonds is 5. The summed E-state index contributed by atoms with van der Waals surface area (Å²) in [5.74, 6) is 0.965. The zero-order valence-electron chi connectivity index (χ0n) is 14.9. The summed E-state index contributed by atoms with van der Waals surface area (Å²) in [7, 11) is 0. The van der Waals surface area contributed by atoms with Crippen molar-refractivity contribution in [2.24, 2.45) is 11.8 Å². The van der Waals surface area contributed by atoms with Crippen LogP contribution in [0.3, 0.4) is 0 Å². The molecular formula is C21H22ClN3O. The third kappa shape index (κ3) is 4.47. The van der Waals surface area contributed by atoms with Crippen molar-refractivity contribution in [2.45, 2.75) is 44.4 Å². The fourth-order valence-corrected chi connectivity index (χ4v) is 4.00. The van der Waals surface area contributed by atoms with E-state index in [1.54, 1.807) is 19.1 Å². The van der Waals surface area contributed by atoms with Gasteiger partial charge >= 0.3 is 0 Å². The predicted molar refractivity (Wildman–Crippen MR) is 102 cm³/mol. The standard InChI is InChI=1S/C21H22ClN3O/c1-14(26)16-6-8-17(9-7-16)20(22)12-19-10-11-21(25-24-19)18-4-2-15(13-23)3-5-18/h2-5,10-11,16-17,20H,6-9,12H2,1H3. The van der Waals surface area contributed by atoms with Crippen LogP contribution in [-0.2, 0) is 11.2 Å². The number of halogens is 1. The van der Waals surface area contributed by atoms with Crippen molar-refractivity contribution < 1.29 is 4.79 Å². The lowest BCUT2D eigenvalue weighted by Crippen LogP contribution is -2.26. The summed E-state index contributed by atoms with van der Waals surface area (Å²) in [6.07, 6.45) is 4.61. The summed E-state index contributed by atoms with van der Waals surface area (Å²) in [5.41, 5.74) is 3.23. The maximum absolute atomic E-state index is 11.5. The second-order valence-corrected chi connectivity index (χ2v) is 7.60. The van der Waals surface area contributed by atoms with Gasteiger partial charge in [-0.25, -0.2) is 0 Å². The van der Waals surface area contributed by atoms with Crippen molar-refractivity contribution >= 4 is 17.4 Å². The van der Waals surface area contributed by atoms with E-state index in [9.17, 15) is 4.79 Å². The van der Waals surface area contributed by atoms with Crippen LogP contribution in [0.15, 0.2) is 36.4 Å². The Bertz CT molecular complexity index is 788. The maximum atomic E-state index is 11.5.